The number of hydrogen-bond donors (Lipinski definition) is 1. The van der Waals surface area contributed by atoms with Crippen LogP contribution in [-0.4, -0.2) is 59.1 Å². The molecule has 1 heterocycles. The minimum Gasteiger partial charge on any atom is -0.497 e. The highest BCUT2D eigenvalue weighted by Crippen LogP contribution is 2.17. The molecule has 1 N–H and O–H groups in total. The maximum atomic E-state index is 5.24. The van der Waals surface area contributed by atoms with Gasteiger partial charge in [0.2, 0.25) is 0 Å². The van der Waals surface area contributed by atoms with Gasteiger partial charge in [-0.05, 0) is 43.2 Å². The van der Waals surface area contributed by atoms with Crippen molar-refractivity contribution in [3.63, 3.8) is 0 Å². The second-order valence-corrected chi connectivity index (χ2v) is 8.42. The monoisotopic (exact) mass is 432 g/mol. The molecule has 8 heteroatoms. The van der Waals surface area contributed by atoms with Gasteiger partial charge >= 0.3 is 0 Å². The van der Waals surface area contributed by atoms with E-state index in [4.69, 9.17) is 9.73 Å². The maximum absolute atomic E-state index is 5.24. The van der Waals surface area contributed by atoms with Gasteiger partial charge in [0.15, 0.2) is 11.1 Å². The number of thioether (sulfide) groups is 1. The van der Waals surface area contributed by atoms with Crippen LogP contribution in [0.2, 0.25) is 0 Å². The third-order valence-electron chi connectivity index (χ3n) is 4.62. The Morgan fingerprint density at radius 1 is 1.27 bits per heavy atom. The van der Waals surface area contributed by atoms with Crippen molar-refractivity contribution in [2.45, 2.75) is 51.9 Å². The highest BCUT2D eigenvalue weighted by atomic mass is 32.2. The second-order valence-electron chi connectivity index (χ2n) is 7.65. The van der Waals surface area contributed by atoms with Crippen LogP contribution in [0.1, 0.15) is 38.6 Å². The van der Waals surface area contributed by atoms with Crippen LogP contribution in [0.15, 0.2) is 34.4 Å². The summed E-state index contributed by atoms with van der Waals surface area (Å²) < 4.78 is 7.49. The molecule has 0 atom stereocenters. The van der Waals surface area contributed by atoms with E-state index in [9.17, 15) is 0 Å². The maximum Gasteiger partial charge on any atom is 0.193 e. The summed E-state index contributed by atoms with van der Waals surface area (Å²) in [6.07, 6.45) is 3.87. The van der Waals surface area contributed by atoms with Crippen LogP contribution >= 0.6 is 11.8 Å². The first-order chi connectivity index (χ1) is 14.5. The molecule has 0 unspecified atom stereocenters. The molecule has 0 aliphatic rings. The van der Waals surface area contributed by atoms with E-state index in [2.05, 4.69) is 71.2 Å². The van der Waals surface area contributed by atoms with Gasteiger partial charge in [0.1, 0.15) is 11.6 Å². The van der Waals surface area contributed by atoms with Crippen LogP contribution in [0.3, 0.4) is 0 Å². The van der Waals surface area contributed by atoms with Crippen LogP contribution in [0.25, 0.3) is 0 Å². The topological polar surface area (TPSA) is 67.6 Å². The number of aromatic nitrogens is 3. The Kier molecular flexibility index (Phi) is 10.00. The molecule has 0 saturated carbocycles. The quantitative estimate of drug-likeness (QED) is 0.253. The molecular weight excluding hydrogens is 396 g/mol. The normalized spacial score (nSPS) is 11.8. The Hall–Kier alpha value is -2.22. The molecule has 0 radical (unpaired) electrons. The standard InChI is InChI=1S/C22H36N6OS/c1-7-23-21(27(4)16-18-10-12-19(29-5)13-11-18)24-14-8-9-20-25-26-22(30-6)28(20)15-17(2)3/h10-13,17H,7-9,14-16H2,1-6H3,(H,23,24). The Morgan fingerprint density at radius 3 is 2.60 bits per heavy atom. The lowest BCUT2D eigenvalue weighted by molar-refractivity contribution is 0.414. The van der Waals surface area contributed by atoms with Crippen LogP contribution in [0.4, 0.5) is 0 Å². The minimum atomic E-state index is 0.565. The zero-order valence-electron chi connectivity index (χ0n) is 19.2. The average molecular weight is 433 g/mol. The zero-order chi connectivity index (χ0) is 21.9. The fraction of sp³-hybridized carbons (Fsp3) is 0.591. The van der Waals surface area contributed by atoms with Crippen LogP contribution in [-0.2, 0) is 19.5 Å². The number of ether oxygens (including phenoxy) is 1. The Balaban J connectivity index is 1.95. The number of aliphatic imine (C=N–C) groups is 1. The highest BCUT2D eigenvalue weighted by Gasteiger charge is 2.12. The third kappa shape index (κ3) is 7.23. The summed E-state index contributed by atoms with van der Waals surface area (Å²) in [6, 6.07) is 8.15. The number of guanidine groups is 1. The van der Waals surface area contributed by atoms with Crippen molar-refractivity contribution in [1.82, 2.24) is 25.0 Å². The fourth-order valence-electron chi connectivity index (χ4n) is 3.17. The lowest BCUT2D eigenvalue weighted by atomic mass is 10.2. The largest absolute Gasteiger partial charge is 0.497 e. The first-order valence-electron chi connectivity index (χ1n) is 10.6. The van der Waals surface area contributed by atoms with E-state index < -0.39 is 0 Å². The van der Waals surface area contributed by atoms with Crippen molar-refractivity contribution >= 4 is 17.7 Å². The van der Waals surface area contributed by atoms with E-state index in [1.165, 1.54) is 5.56 Å². The molecular formula is C22H36N6OS. The smallest absolute Gasteiger partial charge is 0.193 e. The molecule has 0 fully saturated rings. The highest BCUT2D eigenvalue weighted by molar-refractivity contribution is 7.98. The van der Waals surface area contributed by atoms with Crippen molar-refractivity contribution in [1.29, 1.82) is 0 Å². The molecule has 0 aliphatic carbocycles. The predicted molar refractivity (Wildman–Crippen MR) is 125 cm³/mol. The van der Waals surface area contributed by atoms with Crippen molar-refractivity contribution in [3.8, 4) is 5.75 Å². The van der Waals surface area contributed by atoms with E-state index in [-0.39, 0.29) is 0 Å². The van der Waals surface area contributed by atoms with Crippen molar-refractivity contribution in [2.24, 2.45) is 10.9 Å². The summed E-state index contributed by atoms with van der Waals surface area (Å²) in [6.45, 7) is 9.86. The van der Waals surface area contributed by atoms with Crippen LogP contribution in [0.5, 0.6) is 5.75 Å². The molecule has 1 aromatic carbocycles. The van der Waals surface area contributed by atoms with Gasteiger partial charge in [-0.1, -0.05) is 37.7 Å². The van der Waals surface area contributed by atoms with Gasteiger partial charge in [0.05, 0.1) is 7.11 Å². The van der Waals surface area contributed by atoms with E-state index in [1.807, 2.05) is 12.1 Å². The fourth-order valence-corrected chi connectivity index (χ4v) is 3.70. The van der Waals surface area contributed by atoms with Crippen LogP contribution in [0, 0.1) is 5.92 Å². The first kappa shape index (κ1) is 24.1. The van der Waals surface area contributed by atoms with Gasteiger partial charge in [0.25, 0.3) is 0 Å². The number of nitrogens with one attached hydrogen (secondary N) is 1. The average Bonchev–Trinajstić information content (AvgIpc) is 3.11. The molecule has 0 saturated heterocycles. The molecule has 2 rings (SSSR count). The van der Waals surface area contributed by atoms with E-state index in [0.29, 0.717) is 5.92 Å². The summed E-state index contributed by atoms with van der Waals surface area (Å²) in [7, 11) is 3.75. The van der Waals surface area contributed by atoms with Crippen molar-refractivity contribution in [2.75, 3.05) is 33.5 Å². The third-order valence-corrected chi connectivity index (χ3v) is 5.29. The molecule has 30 heavy (non-hydrogen) atoms. The molecule has 7 nitrogen and oxygen atoms in total. The number of hydrogen-bond acceptors (Lipinski definition) is 5. The SMILES string of the molecule is CCNC(=NCCCc1nnc(SC)n1CC(C)C)N(C)Cc1ccc(OC)cc1. The molecule has 0 aliphatic heterocycles. The van der Waals surface area contributed by atoms with Gasteiger partial charge in [-0.3, -0.25) is 4.99 Å². The molecule has 2 aromatic rings. The predicted octanol–water partition coefficient (Wildman–Crippen LogP) is 3.69. The lowest BCUT2D eigenvalue weighted by Crippen LogP contribution is -2.38. The van der Waals surface area contributed by atoms with E-state index in [1.54, 1.807) is 18.9 Å². The molecule has 0 bridgehead atoms. The molecule has 1 aromatic heterocycles. The number of rotatable bonds is 11. The summed E-state index contributed by atoms with van der Waals surface area (Å²) in [5, 5.41) is 13.1. The van der Waals surface area contributed by atoms with Gasteiger partial charge in [0, 0.05) is 39.6 Å². The summed E-state index contributed by atoms with van der Waals surface area (Å²) >= 11 is 1.65. The minimum absolute atomic E-state index is 0.565. The first-order valence-corrected chi connectivity index (χ1v) is 11.8. The summed E-state index contributed by atoms with van der Waals surface area (Å²) in [4.78, 5) is 6.97. The van der Waals surface area contributed by atoms with Crippen molar-refractivity contribution in [3.05, 3.63) is 35.7 Å². The Labute approximate surface area is 185 Å². The van der Waals surface area contributed by atoms with Gasteiger partial charge in [-0.2, -0.15) is 0 Å². The number of nitrogens with zero attached hydrogens (tertiary/aromatic N) is 5. The summed E-state index contributed by atoms with van der Waals surface area (Å²) in [5.74, 6) is 3.41. The van der Waals surface area contributed by atoms with Crippen LogP contribution < -0.4 is 10.1 Å². The number of benzene rings is 1. The van der Waals surface area contributed by atoms with E-state index >= 15 is 0 Å². The van der Waals surface area contributed by atoms with E-state index in [0.717, 1.165) is 61.7 Å². The lowest BCUT2D eigenvalue weighted by Gasteiger charge is -2.22. The summed E-state index contributed by atoms with van der Waals surface area (Å²) in [5.41, 5.74) is 1.22. The van der Waals surface area contributed by atoms with Crippen molar-refractivity contribution < 1.29 is 4.74 Å². The number of aryl methyl sites for hydroxylation is 1. The molecule has 0 spiro atoms. The second kappa shape index (κ2) is 12.5. The Morgan fingerprint density at radius 2 is 2.00 bits per heavy atom. The Bertz CT molecular complexity index is 787. The van der Waals surface area contributed by atoms with Gasteiger partial charge in [-0.25, -0.2) is 0 Å². The zero-order valence-corrected chi connectivity index (χ0v) is 20.0. The number of methoxy groups -OCH3 is 1. The molecule has 166 valence electrons. The van der Waals surface area contributed by atoms with Gasteiger partial charge in [-0.15, -0.1) is 10.2 Å². The van der Waals surface area contributed by atoms with Gasteiger partial charge < -0.3 is 19.5 Å². The molecule has 0 amide bonds.